The van der Waals surface area contributed by atoms with Gasteiger partial charge in [-0.05, 0) is 23.8 Å². The molecule has 1 N–H and O–H groups in total. The van der Waals surface area contributed by atoms with Crippen LogP contribution in [-0.2, 0) is 18.0 Å². The van der Waals surface area contributed by atoms with Gasteiger partial charge >= 0.3 is 0 Å². The van der Waals surface area contributed by atoms with Crippen molar-refractivity contribution in [3.05, 3.63) is 89.5 Å². The number of aliphatic hydroxyl groups excluding tert-OH is 1. The molecule has 2 unspecified atom stereocenters. The molecule has 2 atom stereocenters. The summed E-state index contributed by atoms with van der Waals surface area (Å²) in [6.07, 6.45) is -0.821. The van der Waals surface area contributed by atoms with E-state index in [0.717, 1.165) is 16.8 Å². The van der Waals surface area contributed by atoms with E-state index in [1.165, 1.54) is 0 Å². The molecule has 0 amide bonds. The van der Waals surface area contributed by atoms with Crippen molar-refractivity contribution in [2.75, 3.05) is 11.4 Å². The monoisotopic (exact) mass is 365 g/mol. The summed E-state index contributed by atoms with van der Waals surface area (Å²) in [4.78, 5) is 0.571. The zero-order chi connectivity index (χ0) is 18.1. The van der Waals surface area contributed by atoms with Crippen LogP contribution in [-0.4, -0.2) is 16.7 Å². The number of fused-ring (bicyclic) bond motifs is 2. The number of nitrogens with zero attached hydrogens (tertiary/aromatic N) is 1. The number of hydrogen-bond acceptors (Lipinski definition) is 4. The maximum atomic E-state index is 13.0. The Labute approximate surface area is 156 Å². The zero-order valence-electron chi connectivity index (χ0n) is 14.3. The van der Waals surface area contributed by atoms with Gasteiger partial charge in [0.25, 0.3) is 0 Å². The minimum Gasteiger partial charge on any atom is -0.588 e. The van der Waals surface area contributed by atoms with Gasteiger partial charge in [-0.1, -0.05) is 48.5 Å². The minimum absolute atomic E-state index is 0.435. The Hall–Kier alpha value is -2.47. The second-order valence-corrected chi connectivity index (χ2v) is 7.67. The standard InChI is InChI=1S/C21H19NO3S/c1-22-19-10-6-5-9-17(19)21(23)18-12-11-16(13-20(18)26(22)24)25-14-15-7-3-2-4-8-15/h2-13,21,23H,14H2,1H3. The summed E-state index contributed by atoms with van der Waals surface area (Å²) in [6.45, 7) is 0.435. The third-order valence-corrected chi connectivity index (χ3v) is 5.96. The van der Waals surface area contributed by atoms with Gasteiger partial charge in [0, 0.05) is 17.2 Å². The molecule has 0 aliphatic carbocycles. The molecule has 3 aromatic carbocycles. The first kappa shape index (κ1) is 17.0. The predicted molar refractivity (Wildman–Crippen MR) is 103 cm³/mol. The fraction of sp³-hybridized carbons (Fsp3) is 0.143. The first-order valence-electron chi connectivity index (χ1n) is 8.38. The lowest BCUT2D eigenvalue weighted by atomic mass is 10.00. The van der Waals surface area contributed by atoms with Crippen LogP contribution in [0.1, 0.15) is 22.8 Å². The third kappa shape index (κ3) is 3.05. The van der Waals surface area contributed by atoms with Crippen LogP contribution < -0.4 is 9.04 Å². The molecule has 26 heavy (non-hydrogen) atoms. The van der Waals surface area contributed by atoms with E-state index in [4.69, 9.17) is 4.74 Å². The molecule has 132 valence electrons. The Morgan fingerprint density at radius 3 is 2.54 bits per heavy atom. The molecule has 0 fully saturated rings. The lowest BCUT2D eigenvalue weighted by Gasteiger charge is -2.21. The summed E-state index contributed by atoms with van der Waals surface area (Å²) in [6, 6.07) is 22.8. The number of anilines is 1. The molecule has 1 heterocycles. The summed E-state index contributed by atoms with van der Waals surface area (Å²) in [7, 11) is 1.77. The van der Waals surface area contributed by atoms with Crippen molar-refractivity contribution in [3.63, 3.8) is 0 Å². The maximum Gasteiger partial charge on any atom is 0.189 e. The van der Waals surface area contributed by atoms with E-state index in [2.05, 4.69) is 0 Å². The molecule has 1 aliphatic rings. The summed E-state index contributed by atoms with van der Waals surface area (Å²) in [5, 5.41) is 10.8. The van der Waals surface area contributed by atoms with Crippen LogP contribution in [0, 0.1) is 0 Å². The first-order chi connectivity index (χ1) is 12.6. The molecule has 0 bridgehead atoms. The van der Waals surface area contributed by atoms with Crippen molar-refractivity contribution >= 4 is 17.0 Å². The van der Waals surface area contributed by atoms with E-state index in [9.17, 15) is 9.66 Å². The number of benzene rings is 3. The number of para-hydroxylation sites is 1. The van der Waals surface area contributed by atoms with Crippen LogP contribution in [0.5, 0.6) is 5.75 Å². The summed E-state index contributed by atoms with van der Waals surface area (Å²) in [5.41, 5.74) is 3.22. The molecule has 4 nitrogen and oxygen atoms in total. The van der Waals surface area contributed by atoms with Gasteiger partial charge in [0.15, 0.2) is 4.90 Å². The highest BCUT2D eigenvalue weighted by atomic mass is 32.2. The predicted octanol–water partition coefficient (Wildman–Crippen LogP) is 3.82. The fourth-order valence-electron chi connectivity index (χ4n) is 3.13. The Morgan fingerprint density at radius 1 is 1.00 bits per heavy atom. The van der Waals surface area contributed by atoms with Crippen molar-refractivity contribution in [2.45, 2.75) is 17.6 Å². The first-order valence-corrected chi connectivity index (χ1v) is 9.49. The average Bonchev–Trinajstić information content (AvgIpc) is 2.77. The van der Waals surface area contributed by atoms with Crippen molar-refractivity contribution < 1.29 is 14.4 Å². The molecule has 0 aromatic heterocycles. The molecule has 4 rings (SSSR count). The van der Waals surface area contributed by atoms with Crippen molar-refractivity contribution in [3.8, 4) is 5.75 Å². The van der Waals surface area contributed by atoms with E-state index in [1.807, 2.05) is 60.7 Å². The highest BCUT2D eigenvalue weighted by Crippen LogP contribution is 2.40. The summed E-state index contributed by atoms with van der Waals surface area (Å²) >= 11 is -1.42. The van der Waals surface area contributed by atoms with E-state index in [0.29, 0.717) is 22.8 Å². The SMILES string of the molecule is CN1c2ccccc2C(O)c2ccc(OCc3ccccc3)cc2[S+]1[O-]. The normalized spacial score (nSPS) is 18.7. The number of aliphatic hydroxyl groups is 1. The van der Waals surface area contributed by atoms with E-state index in [-0.39, 0.29) is 0 Å². The summed E-state index contributed by atoms with van der Waals surface area (Å²) in [5.74, 6) is 0.632. The number of hydrogen-bond donors (Lipinski definition) is 1. The van der Waals surface area contributed by atoms with Gasteiger partial charge in [-0.25, -0.2) is 0 Å². The fourth-order valence-corrected chi connectivity index (χ4v) is 4.37. The van der Waals surface area contributed by atoms with Gasteiger partial charge < -0.3 is 14.4 Å². The van der Waals surface area contributed by atoms with Gasteiger partial charge in [0.05, 0.1) is 12.7 Å². The maximum absolute atomic E-state index is 13.0. The Morgan fingerprint density at radius 2 is 1.73 bits per heavy atom. The molecular formula is C21H19NO3S. The van der Waals surface area contributed by atoms with Crippen LogP contribution in [0.25, 0.3) is 0 Å². The van der Waals surface area contributed by atoms with Crippen LogP contribution in [0.15, 0.2) is 77.7 Å². The largest absolute Gasteiger partial charge is 0.588 e. The van der Waals surface area contributed by atoms with Crippen LogP contribution >= 0.6 is 0 Å². The summed E-state index contributed by atoms with van der Waals surface area (Å²) < 4.78 is 20.6. The van der Waals surface area contributed by atoms with Crippen molar-refractivity contribution in [2.24, 2.45) is 0 Å². The number of ether oxygens (including phenoxy) is 1. The Balaban J connectivity index is 1.67. The van der Waals surface area contributed by atoms with Crippen LogP contribution in [0.3, 0.4) is 0 Å². The Kier molecular flexibility index (Phi) is 4.59. The molecule has 0 saturated heterocycles. The van der Waals surface area contributed by atoms with Gasteiger partial charge in [-0.15, -0.1) is 0 Å². The molecule has 1 aliphatic heterocycles. The van der Waals surface area contributed by atoms with Gasteiger partial charge in [-0.3, -0.25) is 0 Å². The lowest BCUT2D eigenvalue weighted by Crippen LogP contribution is -2.26. The molecule has 0 radical (unpaired) electrons. The molecule has 0 spiro atoms. The topological polar surface area (TPSA) is 55.8 Å². The van der Waals surface area contributed by atoms with Gasteiger partial charge in [0.1, 0.15) is 29.8 Å². The second kappa shape index (κ2) is 7.03. The van der Waals surface area contributed by atoms with Crippen LogP contribution in [0.4, 0.5) is 5.69 Å². The second-order valence-electron chi connectivity index (χ2n) is 6.18. The third-order valence-electron chi connectivity index (χ3n) is 4.54. The number of rotatable bonds is 3. The highest BCUT2D eigenvalue weighted by Gasteiger charge is 2.34. The minimum atomic E-state index is -1.42. The van der Waals surface area contributed by atoms with Gasteiger partial charge in [0.2, 0.25) is 0 Å². The van der Waals surface area contributed by atoms with Crippen molar-refractivity contribution in [1.82, 2.24) is 0 Å². The zero-order valence-corrected chi connectivity index (χ0v) is 15.1. The highest BCUT2D eigenvalue weighted by molar-refractivity contribution is 7.92. The van der Waals surface area contributed by atoms with Crippen molar-refractivity contribution in [1.29, 1.82) is 0 Å². The van der Waals surface area contributed by atoms with Crippen LogP contribution in [0.2, 0.25) is 0 Å². The molecule has 3 aromatic rings. The molecule has 0 saturated carbocycles. The Bertz CT molecular complexity index is 916. The quantitative estimate of drug-likeness (QED) is 0.717. The average molecular weight is 365 g/mol. The van der Waals surface area contributed by atoms with Gasteiger partial charge in [-0.2, -0.15) is 4.31 Å². The molecule has 5 heteroatoms. The van der Waals surface area contributed by atoms with E-state index < -0.39 is 17.5 Å². The van der Waals surface area contributed by atoms with E-state index >= 15 is 0 Å². The lowest BCUT2D eigenvalue weighted by molar-refractivity contribution is 0.217. The molecular weight excluding hydrogens is 346 g/mol. The smallest absolute Gasteiger partial charge is 0.189 e. The van der Waals surface area contributed by atoms with E-state index in [1.54, 1.807) is 23.5 Å².